The Labute approximate surface area is 301 Å². The second kappa shape index (κ2) is 15.2. The second-order valence-electron chi connectivity index (χ2n) is 16.5. The number of carbonyl (C=O) groups is 4. The van der Waals surface area contributed by atoms with Gasteiger partial charge >= 0.3 is 6.03 Å². The van der Waals surface area contributed by atoms with E-state index in [-0.39, 0.29) is 19.0 Å². The molecule has 2 heterocycles. The molecule has 1 aromatic heterocycles. The summed E-state index contributed by atoms with van der Waals surface area (Å²) in [6, 6.07) is 4.29. The lowest BCUT2D eigenvalue weighted by atomic mass is 9.85. The highest BCUT2D eigenvalue weighted by atomic mass is 16.5. The summed E-state index contributed by atoms with van der Waals surface area (Å²) in [7, 11) is 1.61. The van der Waals surface area contributed by atoms with Crippen LogP contribution in [-0.2, 0) is 14.4 Å². The van der Waals surface area contributed by atoms with Crippen molar-refractivity contribution in [1.82, 2.24) is 31.2 Å². The van der Waals surface area contributed by atoms with Gasteiger partial charge in [-0.05, 0) is 70.4 Å². The maximum absolute atomic E-state index is 14.5. The second-order valence-corrected chi connectivity index (χ2v) is 16.5. The molecule has 1 aliphatic heterocycles. The smallest absolute Gasteiger partial charge is 0.315 e. The molecule has 1 unspecified atom stereocenters. The van der Waals surface area contributed by atoms with Crippen LogP contribution in [0.25, 0.3) is 10.9 Å². The minimum absolute atomic E-state index is 0.0501. The van der Waals surface area contributed by atoms with Crippen LogP contribution in [0.2, 0.25) is 0 Å². The molecule has 0 spiro atoms. The number of carbonyl (C=O) groups excluding carboxylic acids is 4. The standard InChI is InChI=1S/C38H56N6O7/c1-9-10-26(31(45)34(47)39-22-13-14-22)41-33(46)29-18-24(20-44(29)35(48)32(37(2,3)4)42-36(49)43-38(5,6)7)51-30-19-27(21-11-12-21)40-28-17-23(50-8)15-16-25(28)30/h15-17,19,21-22,24,26,29,31-32,45H,9-14,18,20H2,1-8H3,(H,39,47)(H,41,46)(H2,42,43,49)/t24-,26+,29+,31?,32-/m1/s1. The predicted octanol–water partition coefficient (Wildman–Crippen LogP) is 3.91. The first-order valence-electron chi connectivity index (χ1n) is 18.3. The monoisotopic (exact) mass is 708 g/mol. The van der Waals surface area contributed by atoms with E-state index in [9.17, 15) is 24.3 Å². The van der Waals surface area contributed by atoms with Gasteiger partial charge in [-0.1, -0.05) is 34.1 Å². The topological polar surface area (TPSA) is 171 Å². The third-order valence-corrected chi connectivity index (χ3v) is 9.51. The molecule has 2 aromatic rings. The van der Waals surface area contributed by atoms with Crippen LogP contribution in [0.1, 0.15) is 105 Å². The molecule has 2 saturated carbocycles. The maximum atomic E-state index is 14.5. The average Bonchev–Trinajstić information content (AvgIpc) is 3.99. The number of amides is 5. The van der Waals surface area contributed by atoms with E-state index in [1.54, 1.807) is 7.11 Å². The lowest BCUT2D eigenvalue weighted by Crippen LogP contribution is -2.61. The number of nitrogens with zero attached hydrogens (tertiary/aromatic N) is 2. The minimum atomic E-state index is -1.45. The summed E-state index contributed by atoms with van der Waals surface area (Å²) in [5.41, 5.74) is 0.404. The number of pyridine rings is 1. The number of methoxy groups -OCH3 is 1. The predicted molar refractivity (Wildman–Crippen MR) is 193 cm³/mol. The van der Waals surface area contributed by atoms with E-state index in [0.717, 1.165) is 42.3 Å². The van der Waals surface area contributed by atoms with Crippen LogP contribution in [-0.4, -0.2) is 94.3 Å². The lowest BCUT2D eigenvalue weighted by Gasteiger charge is -2.36. The Morgan fingerprint density at radius 1 is 1.02 bits per heavy atom. The molecule has 2 aliphatic carbocycles. The summed E-state index contributed by atoms with van der Waals surface area (Å²) in [6.07, 6.45) is 2.92. The fraction of sp³-hybridized carbons (Fsp3) is 0.658. The average molecular weight is 709 g/mol. The molecular weight excluding hydrogens is 652 g/mol. The van der Waals surface area contributed by atoms with Gasteiger partial charge in [0.15, 0.2) is 6.10 Å². The number of aliphatic hydroxyl groups is 1. The van der Waals surface area contributed by atoms with Crippen molar-refractivity contribution in [2.75, 3.05) is 13.7 Å². The molecule has 0 bridgehead atoms. The maximum Gasteiger partial charge on any atom is 0.315 e. The van der Waals surface area contributed by atoms with Crippen molar-refractivity contribution < 1.29 is 33.8 Å². The van der Waals surface area contributed by atoms with Gasteiger partial charge in [0.05, 0.1) is 25.2 Å². The van der Waals surface area contributed by atoms with E-state index < -0.39 is 65.0 Å². The first-order chi connectivity index (χ1) is 24.0. The Morgan fingerprint density at radius 3 is 2.31 bits per heavy atom. The number of aliphatic hydroxyl groups excluding tert-OH is 1. The van der Waals surface area contributed by atoms with Crippen LogP contribution < -0.4 is 30.7 Å². The molecule has 3 aliphatic rings. The Kier molecular flexibility index (Phi) is 11.4. The molecule has 13 heteroatoms. The van der Waals surface area contributed by atoms with Crippen LogP contribution in [0.15, 0.2) is 24.3 Å². The highest BCUT2D eigenvalue weighted by Crippen LogP contribution is 2.42. The number of nitrogens with one attached hydrogen (secondary N) is 4. The number of likely N-dealkylation sites (tertiary alicyclic amines) is 1. The van der Waals surface area contributed by atoms with Crippen LogP contribution in [0.5, 0.6) is 11.5 Å². The van der Waals surface area contributed by atoms with Crippen molar-refractivity contribution >= 4 is 34.7 Å². The van der Waals surface area contributed by atoms with Crippen molar-refractivity contribution in [3.05, 3.63) is 30.0 Å². The molecule has 1 aromatic carbocycles. The Hall–Kier alpha value is -4.13. The van der Waals surface area contributed by atoms with Gasteiger partial charge in [0.25, 0.3) is 5.91 Å². The number of fused-ring (bicyclic) bond motifs is 1. The van der Waals surface area contributed by atoms with Crippen LogP contribution >= 0.6 is 0 Å². The van der Waals surface area contributed by atoms with Crippen molar-refractivity contribution in [1.29, 1.82) is 0 Å². The summed E-state index contributed by atoms with van der Waals surface area (Å²) in [5, 5.41) is 23.2. The molecule has 280 valence electrons. The van der Waals surface area contributed by atoms with E-state index in [1.807, 2.05) is 72.7 Å². The van der Waals surface area contributed by atoms with Crippen molar-refractivity contribution in [2.24, 2.45) is 5.41 Å². The van der Waals surface area contributed by atoms with Crippen molar-refractivity contribution in [2.45, 2.75) is 141 Å². The molecule has 1 saturated heterocycles. The van der Waals surface area contributed by atoms with E-state index >= 15 is 0 Å². The molecule has 13 nitrogen and oxygen atoms in total. The quantitative estimate of drug-likeness (QED) is 0.209. The van der Waals surface area contributed by atoms with Gasteiger partial charge in [0.1, 0.15) is 29.7 Å². The highest BCUT2D eigenvalue weighted by Gasteiger charge is 2.47. The SMILES string of the molecule is CCC[C@H](NC(=O)[C@@H]1C[C@@H](Oc2cc(C3CC3)nc3cc(OC)ccc23)CN1C(=O)[C@@H](NC(=O)NC(C)(C)C)C(C)(C)C)C(O)C(=O)NC1CC1. The van der Waals surface area contributed by atoms with Crippen molar-refractivity contribution in [3.63, 3.8) is 0 Å². The van der Waals surface area contributed by atoms with Crippen LogP contribution in [0.3, 0.4) is 0 Å². The summed E-state index contributed by atoms with van der Waals surface area (Å²) in [5.74, 6) is 0.176. The van der Waals surface area contributed by atoms with Gasteiger partial charge in [0.2, 0.25) is 11.8 Å². The molecule has 5 N–H and O–H groups in total. The summed E-state index contributed by atoms with van der Waals surface area (Å²) in [6.45, 7) is 13.1. The number of aromatic nitrogens is 1. The van der Waals surface area contributed by atoms with Gasteiger partial charge in [-0.2, -0.15) is 0 Å². The molecule has 0 radical (unpaired) electrons. The third-order valence-electron chi connectivity index (χ3n) is 9.51. The zero-order valence-corrected chi connectivity index (χ0v) is 31.3. The molecule has 3 fully saturated rings. The zero-order chi connectivity index (χ0) is 37.2. The normalized spacial score (nSPS) is 21.0. The number of rotatable bonds is 13. The van der Waals surface area contributed by atoms with E-state index in [1.165, 1.54) is 4.90 Å². The number of benzene rings is 1. The number of hydrogen-bond donors (Lipinski definition) is 5. The van der Waals surface area contributed by atoms with Gasteiger partial charge < -0.3 is 40.7 Å². The molecule has 5 amide bonds. The highest BCUT2D eigenvalue weighted by molar-refractivity contribution is 5.94. The molecular formula is C38H56N6O7. The molecule has 5 atom stereocenters. The summed E-state index contributed by atoms with van der Waals surface area (Å²) >= 11 is 0. The molecule has 51 heavy (non-hydrogen) atoms. The summed E-state index contributed by atoms with van der Waals surface area (Å²) < 4.78 is 12.1. The van der Waals surface area contributed by atoms with Crippen LogP contribution in [0.4, 0.5) is 4.79 Å². The first-order valence-corrected chi connectivity index (χ1v) is 18.3. The number of ether oxygens (including phenoxy) is 2. The van der Waals surface area contributed by atoms with Gasteiger partial charge in [-0.3, -0.25) is 19.4 Å². The Balaban J connectivity index is 1.44. The Morgan fingerprint density at radius 2 is 1.73 bits per heavy atom. The fourth-order valence-electron chi connectivity index (χ4n) is 6.48. The van der Waals surface area contributed by atoms with E-state index in [2.05, 4.69) is 21.3 Å². The van der Waals surface area contributed by atoms with Crippen molar-refractivity contribution in [3.8, 4) is 11.5 Å². The molecule has 5 rings (SSSR count). The van der Waals surface area contributed by atoms with Gasteiger partial charge in [-0.25, -0.2) is 4.79 Å². The fourth-order valence-corrected chi connectivity index (χ4v) is 6.48. The lowest BCUT2D eigenvalue weighted by molar-refractivity contribution is -0.143. The minimum Gasteiger partial charge on any atom is -0.497 e. The number of urea groups is 1. The van der Waals surface area contributed by atoms with E-state index in [0.29, 0.717) is 30.3 Å². The third kappa shape index (κ3) is 9.81. The largest absolute Gasteiger partial charge is 0.497 e. The van der Waals surface area contributed by atoms with E-state index in [4.69, 9.17) is 14.5 Å². The Bertz CT molecular complexity index is 1610. The summed E-state index contributed by atoms with van der Waals surface area (Å²) in [4.78, 5) is 61.0. The van der Waals surface area contributed by atoms with Gasteiger partial charge in [0, 0.05) is 47.1 Å². The van der Waals surface area contributed by atoms with Gasteiger partial charge in [-0.15, -0.1) is 0 Å². The zero-order valence-electron chi connectivity index (χ0n) is 31.3. The first kappa shape index (κ1) is 38.1. The number of hydrogen-bond acceptors (Lipinski definition) is 8. The van der Waals surface area contributed by atoms with Crippen LogP contribution in [0, 0.1) is 5.41 Å².